The minimum absolute atomic E-state index is 0. The number of rotatable bonds is 4. The number of sulfonamides is 1. The monoisotopic (exact) mass is 435 g/mol. The fourth-order valence-corrected chi connectivity index (χ4v) is 5.77. The van der Waals surface area contributed by atoms with E-state index < -0.39 is 10.0 Å². The van der Waals surface area contributed by atoms with Gasteiger partial charge in [0.2, 0.25) is 0 Å². The van der Waals surface area contributed by atoms with Crippen LogP contribution >= 0.6 is 12.4 Å². The largest absolute Gasteiger partial charge is 0.334 e. The average molecular weight is 436 g/mol. The highest BCUT2D eigenvalue weighted by molar-refractivity contribution is 7.92. The lowest BCUT2D eigenvalue weighted by Crippen LogP contribution is -2.40. The fourth-order valence-electron chi connectivity index (χ4n) is 4.18. The third-order valence-corrected chi connectivity index (χ3v) is 7.46. The molecule has 2 aromatic rings. The molecule has 0 saturated carbocycles. The number of nitrogens with two attached hydrogens (primary N) is 1. The Morgan fingerprint density at radius 1 is 1.07 bits per heavy atom. The van der Waals surface area contributed by atoms with Gasteiger partial charge in [-0.1, -0.05) is 24.3 Å². The maximum absolute atomic E-state index is 13.3. The molecule has 0 aromatic heterocycles. The first-order valence-electron chi connectivity index (χ1n) is 9.74. The molecule has 2 aliphatic heterocycles. The molecule has 0 bridgehead atoms. The number of hydrogen-bond donors (Lipinski definition) is 1. The third-order valence-electron chi connectivity index (χ3n) is 5.65. The summed E-state index contributed by atoms with van der Waals surface area (Å²) < 4.78 is 28.2. The number of anilines is 1. The maximum atomic E-state index is 13.3. The van der Waals surface area contributed by atoms with Crippen LogP contribution in [0.3, 0.4) is 0 Å². The Labute approximate surface area is 178 Å². The summed E-state index contributed by atoms with van der Waals surface area (Å²) in [5.41, 5.74) is 7.95. The van der Waals surface area contributed by atoms with Crippen molar-refractivity contribution in [3.05, 3.63) is 59.7 Å². The molecule has 8 heteroatoms. The van der Waals surface area contributed by atoms with E-state index in [1.165, 1.54) is 10.4 Å². The normalized spacial score (nSPS) is 18.9. The van der Waals surface area contributed by atoms with Crippen molar-refractivity contribution in [3.8, 4) is 0 Å². The van der Waals surface area contributed by atoms with Gasteiger partial charge >= 0.3 is 0 Å². The second-order valence-electron chi connectivity index (χ2n) is 7.37. The van der Waals surface area contributed by atoms with Crippen molar-refractivity contribution < 1.29 is 13.2 Å². The standard InChI is InChI=1S/C21H25N3O3S.ClH/c22-15-18-9-5-12-23(18)21(25)17-7-3-10-19(14-17)28(26,27)24-13-4-8-16-6-1-2-11-20(16)24;/h1-3,6-7,10-11,14,18H,4-5,8-9,12-13,15,22H2;1H. The summed E-state index contributed by atoms with van der Waals surface area (Å²) in [5.74, 6) is -0.149. The highest BCUT2D eigenvalue weighted by Crippen LogP contribution is 2.32. The molecule has 2 aromatic carbocycles. The summed E-state index contributed by atoms with van der Waals surface area (Å²) in [7, 11) is -3.74. The lowest BCUT2D eigenvalue weighted by molar-refractivity contribution is 0.0741. The first-order chi connectivity index (χ1) is 13.5. The van der Waals surface area contributed by atoms with Gasteiger partial charge < -0.3 is 10.6 Å². The number of carbonyl (C=O) groups excluding carboxylic acids is 1. The number of nitrogens with zero attached hydrogens (tertiary/aromatic N) is 2. The summed E-state index contributed by atoms with van der Waals surface area (Å²) >= 11 is 0. The Hall–Kier alpha value is -2.09. The molecular weight excluding hydrogens is 410 g/mol. The van der Waals surface area contributed by atoms with E-state index in [0.29, 0.717) is 25.2 Å². The lowest BCUT2D eigenvalue weighted by Gasteiger charge is -2.30. The van der Waals surface area contributed by atoms with Gasteiger partial charge in [-0.3, -0.25) is 9.10 Å². The molecular formula is C21H26ClN3O3S. The van der Waals surface area contributed by atoms with Gasteiger partial charge in [-0.15, -0.1) is 12.4 Å². The van der Waals surface area contributed by atoms with E-state index in [2.05, 4.69) is 0 Å². The van der Waals surface area contributed by atoms with Gasteiger partial charge in [0.05, 0.1) is 10.6 Å². The van der Waals surface area contributed by atoms with Gasteiger partial charge in [0, 0.05) is 31.2 Å². The first-order valence-corrected chi connectivity index (χ1v) is 11.2. The zero-order chi connectivity index (χ0) is 19.7. The molecule has 2 aliphatic rings. The molecule has 4 rings (SSSR count). The first kappa shape index (κ1) is 21.6. The highest BCUT2D eigenvalue weighted by Gasteiger charge is 2.31. The third kappa shape index (κ3) is 3.99. The molecule has 29 heavy (non-hydrogen) atoms. The van der Waals surface area contributed by atoms with Crippen LogP contribution in [0.1, 0.15) is 35.2 Å². The summed E-state index contributed by atoms with van der Waals surface area (Å²) in [6, 6.07) is 14.0. The van der Waals surface area contributed by atoms with Crippen molar-refractivity contribution >= 4 is 34.0 Å². The molecule has 156 valence electrons. The number of benzene rings is 2. The molecule has 0 spiro atoms. The summed E-state index contributed by atoms with van der Waals surface area (Å²) in [5, 5.41) is 0. The zero-order valence-corrected chi connectivity index (χ0v) is 17.8. The Morgan fingerprint density at radius 3 is 2.66 bits per heavy atom. The number of para-hydroxylation sites is 1. The maximum Gasteiger partial charge on any atom is 0.264 e. The van der Waals surface area contributed by atoms with E-state index in [1.807, 2.05) is 24.3 Å². The quantitative estimate of drug-likeness (QED) is 0.800. The fraction of sp³-hybridized carbons (Fsp3) is 0.381. The van der Waals surface area contributed by atoms with Crippen LogP contribution in [0.25, 0.3) is 0 Å². The second-order valence-corrected chi connectivity index (χ2v) is 9.23. The number of amides is 1. The molecule has 0 radical (unpaired) electrons. The molecule has 1 saturated heterocycles. The van der Waals surface area contributed by atoms with Crippen molar-refractivity contribution in [2.45, 2.75) is 36.6 Å². The van der Waals surface area contributed by atoms with Gasteiger partial charge in [-0.25, -0.2) is 8.42 Å². The van der Waals surface area contributed by atoms with Crippen molar-refractivity contribution in [2.24, 2.45) is 5.73 Å². The molecule has 2 N–H and O–H groups in total. The van der Waals surface area contributed by atoms with Crippen LogP contribution in [0.4, 0.5) is 5.69 Å². The predicted octanol–water partition coefficient (Wildman–Crippen LogP) is 2.81. The van der Waals surface area contributed by atoms with Crippen LogP contribution in [0.5, 0.6) is 0 Å². The lowest BCUT2D eigenvalue weighted by atomic mass is 10.0. The highest BCUT2D eigenvalue weighted by atomic mass is 35.5. The molecule has 0 aliphatic carbocycles. The molecule has 1 fully saturated rings. The summed E-state index contributed by atoms with van der Waals surface area (Å²) in [6.07, 6.45) is 3.47. The van der Waals surface area contributed by atoms with E-state index in [0.717, 1.165) is 36.9 Å². The number of hydrogen-bond acceptors (Lipinski definition) is 4. The number of carbonyl (C=O) groups is 1. The Bertz CT molecular complexity index is 996. The second kappa shape index (κ2) is 8.73. The van der Waals surface area contributed by atoms with Gasteiger partial charge in [-0.05, 0) is 55.5 Å². The van der Waals surface area contributed by atoms with Gasteiger partial charge in [0.1, 0.15) is 0 Å². The van der Waals surface area contributed by atoms with Crippen LogP contribution < -0.4 is 10.0 Å². The minimum Gasteiger partial charge on any atom is -0.334 e. The smallest absolute Gasteiger partial charge is 0.264 e. The minimum atomic E-state index is -3.74. The SMILES string of the molecule is Cl.NCC1CCCN1C(=O)c1cccc(S(=O)(=O)N2CCCc3ccccc32)c1. The van der Waals surface area contributed by atoms with E-state index in [4.69, 9.17) is 5.73 Å². The van der Waals surface area contributed by atoms with Crippen molar-refractivity contribution in [2.75, 3.05) is 23.9 Å². The zero-order valence-electron chi connectivity index (χ0n) is 16.2. The van der Waals surface area contributed by atoms with Gasteiger partial charge in [-0.2, -0.15) is 0 Å². The van der Waals surface area contributed by atoms with Gasteiger partial charge in [0.15, 0.2) is 0 Å². The van der Waals surface area contributed by atoms with E-state index in [1.54, 1.807) is 23.1 Å². The van der Waals surface area contributed by atoms with Crippen molar-refractivity contribution in [1.29, 1.82) is 0 Å². The number of aryl methyl sites for hydroxylation is 1. The Morgan fingerprint density at radius 2 is 1.86 bits per heavy atom. The summed E-state index contributed by atoms with van der Waals surface area (Å²) in [6.45, 7) is 1.53. The van der Waals surface area contributed by atoms with Crippen LogP contribution in [0.2, 0.25) is 0 Å². The number of halogens is 1. The molecule has 1 amide bonds. The molecule has 6 nitrogen and oxygen atoms in total. The van der Waals surface area contributed by atoms with Crippen LogP contribution in [-0.4, -0.2) is 44.9 Å². The van der Waals surface area contributed by atoms with E-state index in [-0.39, 0.29) is 29.3 Å². The van der Waals surface area contributed by atoms with Crippen molar-refractivity contribution in [3.63, 3.8) is 0 Å². The average Bonchev–Trinajstić information content (AvgIpc) is 3.21. The molecule has 1 atom stereocenters. The van der Waals surface area contributed by atoms with Crippen LogP contribution in [0, 0.1) is 0 Å². The van der Waals surface area contributed by atoms with Crippen LogP contribution in [-0.2, 0) is 16.4 Å². The number of fused-ring (bicyclic) bond motifs is 1. The number of likely N-dealkylation sites (tertiary alicyclic amines) is 1. The Balaban J connectivity index is 0.00000240. The van der Waals surface area contributed by atoms with Crippen LogP contribution in [0.15, 0.2) is 53.4 Å². The summed E-state index contributed by atoms with van der Waals surface area (Å²) in [4.78, 5) is 14.8. The van der Waals surface area contributed by atoms with Gasteiger partial charge in [0.25, 0.3) is 15.9 Å². The van der Waals surface area contributed by atoms with Crippen molar-refractivity contribution in [1.82, 2.24) is 4.90 Å². The van der Waals surface area contributed by atoms with E-state index in [9.17, 15) is 13.2 Å². The predicted molar refractivity (Wildman–Crippen MR) is 116 cm³/mol. The Kier molecular flexibility index (Phi) is 6.51. The molecule has 1 unspecified atom stereocenters. The topological polar surface area (TPSA) is 83.7 Å². The molecule has 2 heterocycles. The van der Waals surface area contributed by atoms with E-state index >= 15 is 0 Å².